The second-order valence-electron chi connectivity index (χ2n) is 5.26. The van der Waals surface area contributed by atoms with Crippen LogP contribution in [0.25, 0.3) is 5.70 Å². The van der Waals surface area contributed by atoms with Gasteiger partial charge in [-0.2, -0.15) is 0 Å². The molecule has 0 fully saturated rings. The molecule has 2 aromatic rings. The number of sulfonamides is 1. The summed E-state index contributed by atoms with van der Waals surface area (Å²) in [5.41, 5.74) is 4.19. The van der Waals surface area contributed by atoms with E-state index < -0.39 is 10.0 Å². The quantitative estimate of drug-likeness (QED) is 0.683. The number of hydrazine groups is 1. The maximum Gasteiger partial charge on any atom is 0.257 e. The van der Waals surface area contributed by atoms with Crippen LogP contribution in [0.15, 0.2) is 41.8 Å². The summed E-state index contributed by atoms with van der Waals surface area (Å²) >= 11 is 11.7. The number of nitrogens with one attached hydrogen (secondary N) is 2. The highest BCUT2D eigenvalue weighted by atomic mass is 35.5. The molecule has 0 aromatic heterocycles. The molecule has 0 heterocycles. The smallest absolute Gasteiger partial charge is 0.257 e. The molecule has 2 aromatic carbocycles. The van der Waals surface area contributed by atoms with E-state index >= 15 is 0 Å². The number of phenolic OH excluding ortho intramolecular Hbond substituents is 1. The van der Waals surface area contributed by atoms with Crippen molar-refractivity contribution in [2.75, 3.05) is 0 Å². The molecule has 0 spiro atoms. The highest BCUT2D eigenvalue weighted by molar-refractivity contribution is 7.89. The minimum Gasteiger partial charge on any atom is -0.506 e. The van der Waals surface area contributed by atoms with E-state index in [9.17, 15) is 13.5 Å². The van der Waals surface area contributed by atoms with Gasteiger partial charge in [-0.1, -0.05) is 41.9 Å². The van der Waals surface area contributed by atoms with Crippen LogP contribution in [0.3, 0.4) is 0 Å². The third-order valence-electron chi connectivity index (χ3n) is 3.32. The van der Waals surface area contributed by atoms with E-state index in [1.165, 1.54) is 12.1 Å². The Morgan fingerprint density at radius 1 is 1.17 bits per heavy atom. The molecule has 0 radical (unpaired) electrons. The van der Waals surface area contributed by atoms with Crippen molar-refractivity contribution >= 4 is 38.9 Å². The number of aromatic hydroxyl groups is 1. The summed E-state index contributed by atoms with van der Waals surface area (Å²) < 4.78 is 24.9. The van der Waals surface area contributed by atoms with Crippen LogP contribution in [0.1, 0.15) is 16.7 Å². The van der Waals surface area contributed by atoms with Gasteiger partial charge in [-0.25, -0.2) is 8.42 Å². The SMILES string of the molecule is C=C(NNS(=O)(=O)c1cc(C)ccc1C)c1cc(Cl)cc(Cl)c1O. The van der Waals surface area contributed by atoms with Crippen LogP contribution < -0.4 is 10.3 Å². The predicted octanol–water partition coefficient (Wildman–Crippen LogP) is 3.77. The molecule has 0 aliphatic heterocycles. The van der Waals surface area contributed by atoms with Gasteiger partial charge in [-0.3, -0.25) is 0 Å². The lowest BCUT2D eigenvalue weighted by atomic mass is 10.1. The van der Waals surface area contributed by atoms with Gasteiger partial charge in [-0.15, -0.1) is 4.83 Å². The maximum absolute atomic E-state index is 12.4. The van der Waals surface area contributed by atoms with E-state index in [1.54, 1.807) is 26.0 Å². The molecule has 8 heteroatoms. The molecule has 0 atom stereocenters. The van der Waals surface area contributed by atoms with Crippen LogP contribution >= 0.6 is 23.2 Å². The third kappa shape index (κ3) is 4.02. The van der Waals surface area contributed by atoms with Crippen molar-refractivity contribution in [1.29, 1.82) is 0 Å². The Morgan fingerprint density at radius 3 is 2.50 bits per heavy atom. The van der Waals surface area contributed by atoms with E-state index in [0.29, 0.717) is 5.56 Å². The van der Waals surface area contributed by atoms with E-state index in [1.807, 2.05) is 6.07 Å². The van der Waals surface area contributed by atoms with E-state index in [4.69, 9.17) is 23.2 Å². The molecular weight excluding hydrogens is 371 g/mol. The van der Waals surface area contributed by atoms with Gasteiger partial charge >= 0.3 is 0 Å². The summed E-state index contributed by atoms with van der Waals surface area (Å²) in [6, 6.07) is 7.91. The normalized spacial score (nSPS) is 11.3. The standard InChI is InChI=1S/C16H16Cl2N2O3S/c1-9-4-5-10(2)15(6-9)24(22,23)20-19-11(3)13-7-12(17)8-14(18)16(13)21/h4-8,19-21H,3H2,1-2H3. The first-order valence-corrected chi connectivity index (χ1v) is 9.08. The highest BCUT2D eigenvalue weighted by Crippen LogP contribution is 2.33. The summed E-state index contributed by atoms with van der Waals surface area (Å²) in [4.78, 5) is 2.38. The Bertz CT molecular complexity index is 912. The molecule has 5 nitrogen and oxygen atoms in total. The van der Waals surface area contributed by atoms with Gasteiger partial charge in [0.1, 0.15) is 5.75 Å². The molecule has 24 heavy (non-hydrogen) atoms. The number of phenols is 1. The van der Waals surface area contributed by atoms with Crippen molar-refractivity contribution in [2.45, 2.75) is 18.7 Å². The van der Waals surface area contributed by atoms with E-state index in [2.05, 4.69) is 16.8 Å². The van der Waals surface area contributed by atoms with Gasteiger partial charge in [0, 0.05) is 10.6 Å². The number of benzene rings is 2. The summed E-state index contributed by atoms with van der Waals surface area (Å²) in [5, 5.41) is 10.3. The molecule has 2 rings (SSSR count). The number of hydrogen-bond donors (Lipinski definition) is 3. The minimum atomic E-state index is -3.82. The maximum atomic E-state index is 12.4. The number of hydrogen-bond acceptors (Lipinski definition) is 4. The van der Waals surface area contributed by atoms with Crippen molar-refractivity contribution in [3.63, 3.8) is 0 Å². The molecule has 0 amide bonds. The third-order valence-corrected chi connectivity index (χ3v) is 5.22. The number of rotatable bonds is 5. The van der Waals surface area contributed by atoms with Crippen molar-refractivity contribution in [1.82, 2.24) is 10.3 Å². The summed E-state index contributed by atoms with van der Waals surface area (Å²) in [6.45, 7) is 7.19. The van der Waals surface area contributed by atoms with Gasteiger partial charge in [-0.05, 0) is 43.2 Å². The molecule has 3 N–H and O–H groups in total. The predicted molar refractivity (Wildman–Crippen MR) is 96.5 cm³/mol. The van der Waals surface area contributed by atoms with Crippen molar-refractivity contribution in [2.24, 2.45) is 0 Å². The van der Waals surface area contributed by atoms with Gasteiger partial charge < -0.3 is 10.5 Å². The zero-order valence-electron chi connectivity index (χ0n) is 13.0. The number of halogens is 2. The van der Waals surface area contributed by atoms with Crippen LogP contribution in [-0.2, 0) is 10.0 Å². The number of aryl methyl sites for hydroxylation is 2. The van der Waals surface area contributed by atoms with Crippen LogP contribution in [0.4, 0.5) is 0 Å². The largest absolute Gasteiger partial charge is 0.506 e. The van der Waals surface area contributed by atoms with Crippen molar-refractivity contribution in [3.05, 3.63) is 63.6 Å². The fourth-order valence-electron chi connectivity index (χ4n) is 2.04. The van der Waals surface area contributed by atoms with Gasteiger partial charge in [0.15, 0.2) is 0 Å². The molecule has 0 saturated carbocycles. The Kier molecular flexibility index (Phi) is 5.45. The monoisotopic (exact) mass is 386 g/mol. The molecule has 0 bridgehead atoms. The first kappa shape index (κ1) is 18.6. The van der Waals surface area contributed by atoms with Crippen LogP contribution in [0.2, 0.25) is 10.0 Å². The average molecular weight is 387 g/mol. The fraction of sp³-hybridized carbons (Fsp3) is 0.125. The molecule has 128 valence electrons. The molecule has 0 saturated heterocycles. The van der Waals surface area contributed by atoms with Gasteiger partial charge in [0.2, 0.25) is 0 Å². The zero-order valence-corrected chi connectivity index (χ0v) is 15.4. The van der Waals surface area contributed by atoms with Gasteiger partial charge in [0.25, 0.3) is 10.0 Å². The van der Waals surface area contributed by atoms with E-state index in [-0.39, 0.29) is 32.0 Å². The van der Waals surface area contributed by atoms with E-state index in [0.717, 1.165) is 5.56 Å². The summed E-state index contributed by atoms with van der Waals surface area (Å²) in [6.07, 6.45) is 0. The first-order chi connectivity index (χ1) is 11.1. The lowest BCUT2D eigenvalue weighted by molar-refractivity contribution is 0.473. The molecule has 0 unspecified atom stereocenters. The molecule has 0 aliphatic carbocycles. The Labute approximate surface area is 150 Å². The average Bonchev–Trinajstić information content (AvgIpc) is 2.50. The summed E-state index contributed by atoms with van der Waals surface area (Å²) in [5.74, 6) is -0.246. The highest BCUT2D eigenvalue weighted by Gasteiger charge is 2.18. The Morgan fingerprint density at radius 2 is 1.83 bits per heavy atom. The van der Waals surface area contributed by atoms with Crippen molar-refractivity contribution < 1.29 is 13.5 Å². The second kappa shape index (κ2) is 7.03. The minimum absolute atomic E-state index is 0.0397. The zero-order chi connectivity index (χ0) is 18.1. The van der Waals surface area contributed by atoms with Crippen LogP contribution in [-0.4, -0.2) is 13.5 Å². The van der Waals surface area contributed by atoms with Crippen molar-refractivity contribution in [3.8, 4) is 5.75 Å². The Hall–Kier alpha value is -1.73. The van der Waals surface area contributed by atoms with Gasteiger partial charge in [0.05, 0.1) is 15.6 Å². The molecule has 0 aliphatic rings. The molecular formula is C16H16Cl2N2O3S. The first-order valence-electron chi connectivity index (χ1n) is 6.84. The fourth-order valence-corrected chi connectivity index (χ4v) is 3.74. The topological polar surface area (TPSA) is 78.4 Å². The lowest BCUT2D eigenvalue weighted by Crippen LogP contribution is -2.36. The second-order valence-corrected chi connectivity index (χ2v) is 7.76. The summed E-state index contributed by atoms with van der Waals surface area (Å²) in [7, 11) is -3.82. The lowest BCUT2D eigenvalue weighted by Gasteiger charge is -2.15. The van der Waals surface area contributed by atoms with Crippen LogP contribution in [0.5, 0.6) is 5.75 Å². The van der Waals surface area contributed by atoms with Crippen LogP contribution in [0, 0.1) is 13.8 Å². The Balaban J connectivity index is 2.24.